The van der Waals surface area contributed by atoms with Crippen LogP contribution < -0.4 is 5.32 Å². The molecular formula is C13H18N4O2S. The molecular weight excluding hydrogens is 276 g/mol. The van der Waals surface area contributed by atoms with Crippen LogP contribution in [0.5, 0.6) is 0 Å². The average Bonchev–Trinajstić information content (AvgIpc) is 2.47. The van der Waals surface area contributed by atoms with Crippen molar-refractivity contribution in [3.63, 3.8) is 0 Å². The average molecular weight is 294 g/mol. The quantitative estimate of drug-likeness (QED) is 0.650. The molecule has 1 aliphatic heterocycles. The highest BCUT2D eigenvalue weighted by Crippen LogP contribution is 2.06. The fraction of sp³-hybridized carbons (Fsp3) is 0.462. The molecule has 7 heteroatoms. The van der Waals surface area contributed by atoms with Crippen LogP contribution in [0.25, 0.3) is 0 Å². The zero-order valence-electron chi connectivity index (χ0n) is 11.1. The van der Waals surface area contributed by atoms with Crippen molar-refractivity contribution in [3.05, 3.63) is 30.3 Å². The number of anilines is 1. The Kier molecular flexibility index (Phi) is 6.00. The summed E-state index contributed by atoms with van der Waals surface area (Å²) in [5, 5.41) is 20.6. The molecule has 0 saturated carbocycles. The molecule has 0 spiro atoms. The van der Waals surface area contributed by atoms with E-state index in [0.29, 0.717) is 19.8 Å². The van der Waals surface area contributed by atoms with E-state index in [1.165, 1.54) is 0 Å². The highest BCUT2D eigenvalue weighted by Gasteiger charge is 2.14. The Hall–Kier alpha value is -1.41. The standard InChI is InChI=1S/C13H18N4O2S/c18-12(10-17-6-8-19-9-7-17)15-16-13(20)14-11-4-2-1-3-5-11/h1-5,12,18H,6-10H2,(H,14,20)/b16-15+. The number of para-hydroxylation sites is 1. The Labute approximate surface area is 123 Å². The first-order chi connectivity index (χ1) is 9.74. The van der Waals surface area contributed by atoms with E-state index in [4.69, 9.17) is 17.0 Å². The summed E-state index contributed by atoms with van der Waals surface area (Å²) in [5.41, 5.74) is 0.846. The lowest BCUT2D eigenvalue weighted by Crippen LogP contribution is -2.40. The van der Waals surface area contributed by atoms with Crippen LogP contribution >= 0.6 is 12.2 Å². The van der Waals surface area contributed by atoms with Gasteiger partial charge in [-0.1, -0.05) is 18.2 Å². The topological polar surface area (TPSA) is 69.5 Å². The molecule has 0 amide bonds. The number of aliphatic hydroxyl groups excluding tert-OH is 1. The number of azo groups is 1. The van der Waals surface area contributed by atoms with Crippen LogP contribution in [0, 0.1) is 0 Å². The number of benzene rings is 1. The highest BCUT2D eigenvalue weighted by atomic mass is 32.1. The van der Waals surface area contributed by atoms with Gasteiger partial charge >= 0.3 is 0 Å². The maximum Gasteiger partial charge on any atom is 0.217 e. The molecule has 1 unspecified atom stereocenters. The number of thiocarbonyl (C=S) groups is 1. The summed E-state index contributed by atoms with van der Waals surface area (Å²) in [5.74, 6) is 0. The second-order valence-electron chi connectivity index (χ2n) is 4.41. The van der Waals surface area contributed by atoms with E-state index in [-0.39, 0.29) is 5.11 Å². The van der Waals surface area contributed by atoms with Crippen LogP contribution in [0.15, 0.2) is 40.6 Å². The highest BCUT2D eigenvalue weighted by molar-refractivity contribution is 7.80. The van der Waals surface area contributed by atoms with E-state index in [2.05, 4.69) is 20.4 Å². The molecule has 1 aliphatic rings. The molecule has 1 aromatic rings. The normalized spacial score (nSPS) is 18.1. The Bertz CT molecular complexity index is 449. The van der Waals surface area contributed by atoms with E-state index in [1.807, 2.05) is 30.3 Å². The molecule has 2 rings (SSSR count). The van der Waals surface area contributed by atoms with Crippen LogP contribution in [0.3, 0.4) is 0 Å². The number of nitrogens with zero attached hydrogens (tertiary/aromatic N) is 3. The Morgan fingerprint density at radius 3 is 2.75 bits per heavy atom. The van der Waals surface area contributed by atoms with Crippen molar-refractivity contribution >= 4 is 23.0 Å². The van der Waals surface area contributed by atoms with Crippen molar-refractivity contribution < 1.29 is 9.84 Å². The van der Waals surface area contributed by atoms with E-state index in [9.17, 15) is 5.11 Å². The van der Waals surface area contributed by atoms with Crippen LogP contribution in [0.2, 0.25) is 0 Å². The lowest BCUT2D eigenvalue weighted by molar-refractivity contribution is 0.0153. The molecule has 6 nitrogen and oxygen atoms in total. The minimum absolute atomic E-state index is 0.234. The lowest BCUT2D eigenvalue weighted by atomic mass is 10.3. The number of rotatable bonds is 4. The summed E-state index contributed by atoms with van der Waals surface area (Å²) in [7, 11) is 0. The number of morpholine rings is 1. The van der Waals surface area contributed by atoms with Gasteiger partial charge in [0.1, 0.15) is 0 Å². The number of hydrogen-bond acceptors (Lipinski definition) is 5. The van der Waals surface area contributed by atoms with Gasteiger partial charge in [0.05, 0.1) is 13.2 Å². The minimum Gasteiger partial charge on any atom is -0.379 e. The van der Waals surface area contributed by atoms with Crippen LogP contribution in [0.4, 0.5) is 5.69 Å². The maximum absolute atomic E-state index is 9.79. The van der Waals surface area contributed by atoms with Gasteiger partial charge in [-0.25, -0.2) is 0 Å². The number of β-amino-alcohol motifs (C(OH)–C–C–N with tert-alkyl or cyclic N) is 1. The Balaban J connectivity index is 1.75. The van der Waals surface area contributed by atoms with Crippen molar-refractivity contribution in [2.75, 3.05) is 38.2 Å². The van der Waals surface area contributed by atoms with E-state index >= 15 is 0 Å². The predicted molar refractivity (Wildman–Crippen MR) is 80.8 cm³/mol. The van der Waals surface area contributed by atoms with E-state index < -0.39 is 6.23 Å². The van der Waals surface area contributed by atoms with Crippen molar-refractivity contribution in [1.82, 2.24) is 4.90 Å². The summed E-state index contributed by atoms with van der Waals surface area (Å²) in [6.45, 7) is 3.44. The Morgan fingerprint density at radius 2 is 2.05 bits per heavy atom. The third-order valence-corrected chi connectivity index (χ3v) is 3.02. The molecule has 1 fully saturated rings. The van der Waals surface area contributed by atoms with Crippen molar-refractivity contribution in [1.29, 1.82) is 0 Å². The van der Waals surface area contributed by atoms with Gasteiger partial charge < -0.3 is 15.2 Å². The monoisotopic (exact) mass is 294 g/mol. The second-order valence-corrected chi connectivity index (χ2v) is 4.79. The zero-order valence-corrected chi connectivity index (χ0v) is 11.9. The summed E-state index contributed by atoms with van der Waals surface area (Å²) >= 11 is 5.04. The van der Waals surface area contributed by atoms with Crippen molar-refractivity contribution in [2.45, 2.75) is 6.23 Å². The van der Waals surface area contributed by atoms with Gasteiger partial charge in [-0.3, -0.25) is 4.90 Å². The summed E-state index contributed by atoms with van der Waals surface area (Å²) < 4.78 is 5.24. The SMILES string of the molecule is OC(CN1CCOCC1)/N=N/C(=S)Nc1ccccc1. The van der Waals surface area contributed by atoms with E-state index in [0.717, 1.165) is 18.8 Å². The fourth-order valence-corrected chi connectivity index (χ4v) is 2.01. The largest absolute Gasteiger partial charge is 0.379 e. The molecule has 108 valence electrons. The summed E-state index contributed by atoms with van der Waals surface area (Å²) in [6.07, 6.45) is -0.872. The predicted octanol–water partition coefficient (Wildman–Crippen LogP) is 1.49. The number of aliphatic hydroxyl groups is 1. The van der Waals surface area contributed by atoms with Gasteiger partial charge in [0.2, 0.25) is 5.11 Å². The van der Waals surface area contributed by atoms with Gasteiger partial charge in [-0.05, 0) is 24.4 Å². The number of ether oxygens (including phenoxy) is 1. The molecule has 0 bridgehead atoms. The molecule has 0 radical (unpaired) electrons. The summed E-state index contributed by atoms with van der Waals surface area (Å²) in [6, 6.07) is 9.48. The zero-order chi connectivity index (χ0) is 14.2. The Morgan fingerprint density at radius 1 is 1.35 bits per heavy atom. The van der Waals surface area contributed by atoms with Gasteiger partial charge in [0.15, 0.2) is 6.23 Å². The maximum atomic E-state index is 9.79. The first-order valence-corrected chi connectivity index (χ1v) is 6.90. The first-order valence-electron chi connectivity index (χ1n) is 6.49. The van der Waals surface area contributed by atoms with Crippen molar-refractivity contribution in [3.8, 4) is 0 Å². The van der Waals surface area contributed by atoms with Gasteiger partial charge in [-0.2, -0.15) is 5.11 Å². The molecule has 1 atom stereocenters. The molecule has 0 aliphatic carbocycles. The summed E-state index contributed by atoms with van der Waals surface area (Å²) in [4.78, 5) is 2.08. The third-order valence-electron chi connectivity index (χ3n) is 2.83. The van der Waals surface area contributed by atoms with Gasteiger partial charge in [0, 0.05) is 25.3 Å². The lowest BCUT2D eigenvalue weighted by Gasteiger charge is -2.26. The second kappa shape index (κ2) is 8.01. The van der Waals surface area contributed by atoms with Crippen LogP contribution in [0.1, 0.15) is 0 Å². The number of hydrogen-bond donors (Lipinski definition) is 2. The van der Waals surface area contributed by atoms with Gasteiger partial charge in [0.25, 0.3) is 0 Å². The third kappa shape index (κ3) is 5.30. The fourth-order valence-electron chi connectivity index (χ4n) is 1.84. The molecule has 20 heavy (non-hydrogen) atoms. The van der Waals surface area contributed by atoms with Crippen molar-refractivity contribution in [2.24, 2.45) is 10.2 Å². The molecule has 1 heterocycles. The van der Waals surface area contributed by atoms with Crippen LogP contribution in [-0.4, -0.2) is 54.2 Å². The smallest absolute Gasteiger partial charge is 0.217 e. The minimum atomic E-state index is -0.872. The molecule has 2 N–H and O–H groups in total. The van der Waals surface area contributed by atoms with Crippen LogP contribution in [-0.2, 0) is 4.74 Å². The molecule has 1 saturated heterocycles. The van der Waals surface area contributed by atoms with E-state index in [1.54, 1.807) is 0 Å². The number of nitrogens with one attached hydrogen (secondary N) is 1. The molecule has 0 aromatic heterocycles. The molecule has 1 aromatic carbocycles. The van der Waals surface area contributed by atoms with Gasteiger partial charge in [-0.15, -0.1) is 5.11 Å². The first kappa shape index (κ1) is 15.0.